The van der Waals surface area contributed by atoms with Crippen LogP contribution in [0, 0.1) is 0 Å². The summed E-state index contributed by atoms with van der Waals surface area (Å²) in [5.74, 6) is -0.538. The Morgan fingerprint density at radius 1 is 1.38 bits per heavy atom. The molecule has 1 aromatic carbocycles. The van der Waals surface area contributed by atoms with Gasteiger partial charge in [0.25, 0.3) is 5.24 Å². The molecule has 0 heterocycles. The van der Waals surface area contributed by atoms with Crippen LogP contribution < -0.4 is 4.74 Å². The van der Waals surface area contributed by atoms with Crippen molar-refractivity contribution >= 4 is 28.4 Å². The SMILES string of the molecule is COc1cc(Cl)cc(C(=O)Cl)c1C(F)(F)F. The molecule has 0 saturated heterocycles. The molecular weight excluding hydrogens is 268 g/mol. The zero-order valence-electron chi connectivity index (χ0n) is 7.86. The highest BCUT2D eigenvalue weighted by molar-refractivity contribution is 6.68. The molecule has 0 aliphatic rings. The molecule has 0 N–H and O–H groups in total. The van der Waals surface area contributed by atoms with Gasteiger partial charge in [-0.05, 0) is 23.7 Å². The van der Waals surface area contributed by atoms with Gasteiger partial charge >= 0.3 is 6.18 Å². The van der Waals surface area contributed by atoms with E-state index in [1.807, 2.05) is 0 Å². The summed E-state index contributed by atoms with van der Waals surface area (Å²) in [7, 11) is 1.05. The van der Waals surface area contributed by atoms with Crippen LogP contribution in [0.1, 0.15) is 15.9 Å². The van der Waals surface area contributed by atoms with Gasteiger partial charge in [-0.2, -0.15) is 13.2 Å². The summed E-state index contributed by atoms with van der Waals surface area (Å²) >= 11 is 10.6. The number of carbonyl (C=O) groups excluding carboxylic acids is 1. The van der Waals surface area contributed by atoms with Crippen molar-refractivity contribution < 1.29 is 22.7 Å². The topological polar surface area (TPSA) is 26.3 Å². The Balaban J connectivity index is 3.58. The van der Waals surface area contributed by atoms with Crippen LogP contribution in [-0.2, 0) is 6.18 Å². The van der Waals surface area contributed by atoms with E-state index in [4.69, 9.17) is 23.2 Å². The monoisotopic (exact) mass is 272 g/mol. The second-order valence-electron chi connectivity index (χ2n) is 2.80. The summed E-state index contributed by atoms with van der Waals surface area (Å²) in [4.78, 5) is 10.9. The molecule has 0 radical (unpaired) electrons. The highest BCUT2D eigenvalue weighted by Gasteiger charge is 2.38. The summed E-state index contributed by atoms with van der Waals surface area (Å²) in [5.41, 5.74) is -1.95. The maximum atomic E-state index is 12.7. The van der Waals surface area contributed by atoms with Crippen molar-refractivity contribution in [3.05, 3.63) is 28.3 Å². The maximum absolute atomic E-state index is 12.7. The van der Waals surface area contributed by atoms with Gasteiger partial charge in [-0.3, -0.25) is 4.79 Å². The summed E-state index contributed by atoms with van der Waals surface area (Å²) in [6.45, 7) is 0. The Morgan fingerprint density at radius 2 is 1.94 bits per heavy atom. The minimum absolute atomic E-state index is 0.0613. The minimum atomic E-state index is -4.74. The molecule has 88 valence electrons. The Bertz CT molecular complexity index is 429. The zero-order chi connectivity index (χ0) is 12.5. The Kier molecular flexibility index (Phi) is 3.70. The summed E-state index contributed by atoms with van der Waals surface area (Å²) < 4.78 is 42.5. The van der Waals surface area contributed by atoms with Crippen molar-refractivity contribution in [1.29, 1.82) is 0 Å². The second kappa shape index (κ2) is 4.51. The molecule has 7 heteroatoms. The smallest absolute Gasteiger partial charge is 0.420 e. The van der Waals surface area contributed by atoms with Crippen molar-refractivity contribution in [2.75, 3.05) is 7.11 Å². The molecule has 0 aliphatic heterocycles. The number of hydrogen-bond acceptors (Lipinski definition) is 2. The van der Waals surface area contributed by atoms with E-state index >= 15 is 0 Å². The first kappa shape index (κ1) is 13.1. The minimum Gasteiger partial charge on any atom is -0.496 e. The molecule has 0 unspecified atom stereocenters. The molecule has 0 bridgehead atoms. The lowest BCUT2D eigenvalue weighted by Crippen LogP contribution is -2.13. The van der Waals surface area contributed by atoms with Gasteiger partial charge in [0.05, 0.1) is 12.7 Å². The number of carbonyl (C=O) groups is 1. The van der Waals surface area contributed by atoms with E-state index in [-0.39, 0.29) is 5.02 Å². The van der Waals surface area contributed by atoms with Gasteiger partial charge in [-0.15, -0.1) is 0 Å². The molecule has 2 nitrogen and oxygen atoms in total. The number of rotatable bonds is 2. The standard InChI is InChI=1S/C9H5Cl2F3O2/c1-16-6-3-4(10)2-5(8(11)15)7(6)9(12,13)14/h2-3H,1H3. The van der Waals surface area contributed by atoms with Crippen molar-refractivity contribution in [3.63, 3.8) is 0 Å². The number of methoxy groups -OCH3 is 1. The molecule has 0 spiro atoms. The highest BCUT2D eigenvalue weighted by Crippen LogP contribution is 2.40. The van der Waals surface area contributed by atoms with E-state index in [0.717, 1.165) is 19.2 Å². The molecule has 0 aromatic heterocycles. The highest BCUT2D eigenvalue weighted by atomic mass is 35.5. The lowest BCUT2D eigenvalue weighted by molar-refractivity contribution is -0.139. The van der Waals surface area contributed by atoms with Crippen LogP contribution in [0.25, 0.3) is 0 Å². The third-order valence-corrected chi connectivity index (χ3v) is 2.20. The third-order valence-electron chi connectivity index (χ3n) is 1.78. The van der Waals surface area contributed by atoms with Gasteiger partial charge in [0.1, 0.15) is 11.3 Å². The largest absolute Gasteiger partial charge is 0.496 e. The van der Waals surface area contributed by atoms with Crippen LogP contribution in [0.15, 0.2) is 12.1 Å². The fourth-order valence-electron chi connectivity index (χ4n) is 1.19. The van der Waals surface area contributed by atoms with Crippen LogP contribution in [0.3, 0.4) is 0 Å². The molecular formula is C9H5Cl2F3O2. The van der Waals surface area contributed by atoms with Crippen LogP contribution in [-0.4, -0.2) is 12.4 Å². The maximum Gasteiger partial charge on any atom is 0.420 e. The average Bonchev–Trinajstić information content (AvgIpc) is 2.14. The number of alkyl halides is 3. The lowest BCUT2D eigenvalue weighted by Gasteiger charge is -2.14. The molecule has 0 saturated carbocycles. The van der Waals surface area contributed by atoms with Crippen molar-refractivity contribution in [1.82, 2.24) is 0 Å². The molecule has 1 aromatic rings. The van der Waals surface area contributed by atoms with E-state index < -0.39 is 28.3 Å². The first-order valence-corrected chi connectivity index (χ1v) is 4.67. The molecule has 0 fully saturated rings. The molecule has 16 heavy (non-hydrogen) atoms. The van der Waals surface area contributed by atoms with Crippen LogP contribution in [0.2, 0.25) is 5.02 Å². The number of hydrogen-bond donors (Lipinski definition) is 0. The van der Waals surface area contributed by atoms with Crippen LogP contribution >= 0.6 is 23.2 Å². The molecule has 0 aliphatic carbocycles. The Morgan fingerprint density at radius 3 is 2.31 bits per heavy atom. The van der Waals surface area contributed by atoms with Gasteiger partial charge in [0.15, 0.2) is 0 Å². The summed E-state index contributed by atoms with van der Waals surface area (Å²) in [5, 5.41) is -1.30. The van der Waals surface area contributed by atoms with Gasteiger partial charge in [-0.25, -0.2) is 0 Å². The Labute approximate surface area is 98.9 Å². The predicted octanol–water partition coefficient (Wildman–Crippen LogP) is 3.75. The fourth-order valence-corrected chi connectivity index (χ4v) is 1.55. The van der Waals surface area contributed by atoms with E-state index in [9.17, 15) is 18.0 Å². The quantitative estimate of drug-likeness (QED) is 0.767. The normalized spacial score (nSPS) is 11.4. The zero-order valence-corrected chi connectivity index (χ0v) is 9.37. The second-order valence-corrected chi connectivity index (χ2v) is 3.58. The van der Waals surface area contributed by atoms with Gasteiger partial charge in [0, 0.05) is 5.02 Å². The average molecular weight is 273 g/mol. The van der Waals surface area contributed by atoms with Crippen molar-refractivity contribution in [2.45, 2.75) is 6.18 Å². The van der Waals surface area contributed by atoms with E-state index in [1.54, 1.807) is 0 Å². The molecule has 0 amide bonds. The van der Waals surface area contributed by atoms with E-state index in [1.165, 1.54) is 0 Å². The van der Waals surface area contributed by atoms with Crippen molar-refractivity contribution in [3.8, 4) is 5.75 Å². The third kappa shape index (κ3) is 2.59. The lowest BCUT2D eigenvalue weighted by atomic mass is 10.1. The first-order valence-electron chi connectivity index (χ1n) is 3.92. The summed E-state index contributed by atoms with van der Waals surface area (Å²) in [6.07, 6.45) is -4.74. The number of benzene rings is 1. The number of halogens is 5. The van der Waals surface area contributed by atoms with Crippen LogP contribution in [0.5, 0.6) is 5.75 Å². The summed E-state index contributed by atoms with van der Waals surface area (Å²) in [6, 6.07) is 1.82. The Hall–Kier alpha value is -0.940. The predicted molar refractivity (Wildman–Crippen MR) is 53.2 cm³/mol. The molecule has 0 atom stereocenters. The molecule has 1 rings (SSSR count). The first-order chi connectivity index (χ1) is 7.27. The van der Waals surface area contributed by atoms with E-state index in [2.05, 4.69) is 4.74 Å². The van der Waals surface area contributed by atoms with Gasteiger partial charge in [0.2, 0.25) is 0 Å². The fraction of sp³-hybridized carbons (Fsp3) is 0.222. The van der Waals surface area contributed by atoms with E-state index in [0.29, 0.717) is 0 Å². The van der Waals surface area contributed by atoms with Crippen molar-refractivity contribution in [2.24, 2.45) is 0 Å². The number of ether oxygens (including phenoxy) is 1. The van der Waals surface area contributed by atoms with Gasteiger partial charge in [-0.1, -0.05) is 11.6 Å². The van der Waals surface area contributed by atoms with Crippen LogP contribution in [0.4, 0.5) is 13.2 Å². The van der Waals surface area contributed by atoms with Gasteiger partial charge < -0.3 is 4.74 Å².